The summed E-state index contributed by atoms with van der Waals surface area (Å²) in [4.78, 5) is 8.91. The maximum atomic E-state index is 5.12. The van der Waals surface area contributed by atoms with Crippen molar-refractivity contribution in [2.75, 3.05) is 20.2 Å². The summed E-state index contributed by atoms with van der Waals surface area (Å²) in [6, 6.07) is 5.72. The third-order valence-electron chi connectivity index (χ3n) is 2.98. The van der Waals surface area contributed by atoms with Crippen LogP contribution in [0, 0.1) is 5.92 Å². The van der Waals surface area contributed by atoms with Gasteiger partial charge in [0.1, 0.15) is 0 Å². The maximum Gasteiger partial charge on any atom is 0.213 e. The summed E-state index contributed by atoms with van der Waals surface area (Å²) < 4.78 is 5.12. The van der Waals surface area contributed by atoms with Gasteiger partial charge in [-0.25, -0.2) is 9.98 Å². The summed E-state index contributed by atoms with van der Waals surface area (Å²) in [5.74, 6) is 2.20. The number of ether oxygens (including phenoxy) is 1. The van der Waals surface area contributed by atoms with Gasteiger partial charge in [-0.15, -0.1) is 0 Å². The van der Waals surface area contributed by atoms with E-state index >= 15 is 0 Å². The lowest BCUT2D eigenvalue weighted by Gasteiger charge is -2.12. The number of hydrogen-bond acceptors (Lipinski definition) is 3. The molecular weight excluding hydrogens is 264 g/mol. The minimum Gasteiger partial charge on any atom is -0.481 e. The van der Waals surface area contributed by atoms with E-state index < -0.39 is 0 Å². The Balaban J connectivity index is 2.50. The van der Waals surface area contributed by atoms with Gasteiger partial charge in [0.2, 0.25) is 5.88 Å². The van der Waals surface area contributed by atoms with E-state index in [1.807, 2.05) is 18.2 Å². The third kappa shape index (κ3) is 7.54. The Kier molecular flexibility index (Phi) is 8.24. The molecule has 0 saturated heterocycles. The molecule has 0 radical (unpaired) electrons. The van der Waals surface area contributed by atoms with Crippen molar-refractivity contribution in [1.29, 1.82) is 0 Å². The van der Waals surface area contributed by atoms with E-state index in [4.69, 9.17) is 4.74 Å². The molecule has 1 heterocycles. The van der Waals surface area contributed by atoms with Gasteiger partial charge in [0.15, 0.2) is 5.96 Å². The van der Waals surface area contributed by atoms with Gasteiger partial charge in [-0.05, 0) is 31.7 Å². The monoisotopic (exact) mass is 292 g/mol. The second kappa shape index (κ2) is 10.0. The van der Waals surface area contributed by atoms with Crippen LogP contribution < -0.4 is 15.4 Å². The molecule has 1 aromatic rings. The molecule has 0 bridgehead atoms. The van der Waals surface area contributed by atoms with Crippen molar-refractivity contribution in [3.63, 3.8) is 0 Å². The third-order valence-corrected chi connectivity index (χ3v) is 2.98. The van der Waals surface area contributed by atoms with Crippen LogP contribution in [0.4, 0.5) is 0 Å². The fourth-order valence-electron chi connectivity index (χ4n) is 1.88. The molecule has 1 rings (SSSR count). The highest BCUT2D eigenvalue weighted by atomic mass is 16.5. The maximum absolute atomic E-state index is 5.12. The fraction of sp³-hybridized carbons (Fsp3) is 0.625. The number of nitrogens with one attached hydrogen (secondary N) is 2. The zero-order chi connectivity index (χ0) is 15.5. The zero-order valence-corrected chi connectivity index (χ0v) is 13.6. The lowest BCUT2D eigenvalue weighted by molar-refractivity contribution is 0.396. The van der Waals surface area contributed by atoms with E-state index in [1.54, 1.807) is 7.11 Å². The van der Waals surface area contributed by atoms with E-state index in [9.17, 15) is 0 Å². The van der Waals surface area contributed by atoms with Gasteiger partial charge >= 0.3 is 0 Å². The average molecular weight is 292 g/mol. The number of hydrogen-bond donors (Lipinski definition) is 2. The minimum atomic E-state index is 0.538. The highest BCUT2D eigenvalue weighted by Gasteiger charge is 2.00. The van der Waals surface area contributed by atoms with Crippen LogP contribution in [0.5, 0.6) is 5.88 Å². The predicted octanol–water partition coefficient (Wildman–Crippen LogP) is 2.58. The number of guanidine groups is 1. The van der Waals surface area contributed by atoms with Gasteiger partial charge in [0.05, 0.1) is 19.3 Å². The van der Waals surface area contributed by atoms with Crippen LogP contribution in [0.1, 0.15) is 39.3 Å². The first-order valence-corrected chi connectivity index (χ1v) is 7.67. The van der Waals surface area contributed by atoms with Gasteiger partial charge in [-0.2, -0.15) is 0 Å². The molecule has 0 aliphatic carbocycles. The Hall–Kier alpha value is -1.78. The normalized spacial score (nSPS) is 11.6. The van der Waals surface area contributed by atoms with Crippen LogP contribution in [0.25, 0.3) is 0 Å². The smallest absolute Gasteiger partial charge is 0.213 e. The average Bonchev–Trinajstić information content (AvgIpc) is 2.49. The first-order valence-electron chi connectivity index (χ1n) is 7.67. The van der Waals surface area contributed by atoms with E-state index in [0.29, 0.717) is 12.4 Å². The summed E-state index contributed by atoms with van der Waals surface area (Å²) in [7, 11) is 1.62. The van der Waals surface area contributed by atoms with Crippen LogP contribution >= 0.6 is 0 Å². The summed E-state index contributed by atoms with van der Waals surface area (Å²) >= 11 is 0. The number of aliphatic imine (C=N–C) groups is 1. The first kappa shape index (κ1) is 17.3. The lowest BCUT2D eigenvalue weighted by atomic mass is 10.1. The number of nitrogens with zero attached hydrogens (tertiary/aromatic N) is 2. The Bertz CT molecular complexity index is 432. The summed E-state index contributed by atoms with van der Waals surface area (Å²) in [6.45, 7) is 8.88. The van der Waals surface area contributed by atoms with Crippen molar-refractivity contribution >= 4 is 5.96 Å². The number of rotatable bonds is 8. The molecule has 5 nitrogen and oxygen atoms in total. The highest BCUT2D eigenvalue weighted by molar-refractivity contribution is 5.79. The molecule has 0 atom stereocenters. The molecule has 1 aromatic heterocycles. The van der Waals surface area contributed by atoms with Crippen molar-refractivity contribution in [3.8, 4) is 5.88 Å². The molecule has 0 spiro atoms. The Morgan fingerprint density at radius 1 is 1.33 bits per heavy atom. The van der Waals surface area contributed by atoms with E-state index in [2.05, 4.69) is 41.4 Å². The van der Waals surface area contributed by atoms with Crippen molar-refractivity contribution in [1.82, 2.24) is 15.6 Å². The van der Waals surface area contributed by atoms with Crippen LogP contribution in [0.2, 0.25) is 0 Å². The van der Waals surface area contributed by atoms with Crippen LogP contribution in [-0.4, -0.2) is 31.1 Å². The molecule has 0 aliphatic heterocycles. The van der Waals surface area contributed by atoms with E-state index in [-0.39, 0.29) is 0 Å². The minimum absolute atomic E-state index is 0.538. The van der Waals surface area contributed by atoms with Gasteiger partial charge in [0.25, 0.3) is 0 Å². The lowest BCUT2D eigenvalue weighted by Crippen LogP contribution is -2.37. The Morgan fingerprint density at radius 2 is 2.14 bits per heavy atom. The van der Waals surface area contributed by atoms with Gasteiger partial charge < -0.3 is 15.4 Å². The molecule has 0 saturated carbocycles. The summed E-state index contributed by atoms with van der Waals surface area (Å²) in [5.41, 5.74) is 0.897. The predicted molar refractivity (Wildman–Crippen MR) is 87.7 cm³/mol. The van der Waals surface area contributed by atoms with Crippen LogP contribution in [-0.2, 0) is 6.54 Å². The Labute approximate surface area is 128 Å². The molecule has 118 valence electrons. The SMILES string of the molecule is CCNC(=NCc1cccc(OC)n1)NCCCC(C)C. The Morgan fingerprint density at radius 3 is 2.81 bits per heavy atom. The fourth-order valence-corrected chi connectivity index (χ4v) is 1.88. The molecular formula is C16H28N4O. The quantitative estimate of drug-likeness (QED) is 0.439. The summed E-state index contributed by atoms with van der Waals surface area (Å²) in [5, 5.41) is 6.60. The van der Waals surface area contributed by atoms with Crippen molar-refractivity contribution < 1.29 is 4.74 Å². The second-order valence-electron chi connectivity index (χ2n) is 5.33. The van der Waals surface area contributed by atoms with Gasteiger partial charge in [0, 0.05) is 19.2 Å². The van der Waals surface area contributed by atoms with Crippen LogP contribution in [0.3, 0.4) is 0 Å². The van der Waals surface area contributed by atoms with Gasteiger partial charge in [-0.1, -0.05) is 19.9 Å². The topological polar surface area (TPSA) is 58.5 Å². The van der Waals surface area contributed by atoms with Crippen LogP contribution in [0.15, 0.2) is 23.2 Å². The van der Waals surface area contributed by atoms with Crippen molar-refractivity contribution in [3.05, 3.63) is 23.9 Å². The van der Waals surface area contributed by atoms with E-state index in [0.717, 1.165) is 37.1 Å². The number of pyridine rings is 1. The zero-order valence-electron chi connectivity index (χ0n) is 13.6. The molecule has 5 heteroatoms. The molecule has 21 heavy (non-hydrogen) atoms. The largest absolute Gasteiger partial charge is 0.481 e. The molecule has 2 N–H and O–H groups in total. The molecule has 0 unspecified atom stereocenters. The summed E-state index contributed by atoms with van der Waals surface area (Å²) in [6.07, 6.45) is 2.38. The molecule has 0 aliphatic rings. The highest BCUT2D eigenvalue weighted by Crippen LogP contribution is 2.07. The second-order valence-corrected chi connectivity index (χ2v) is 5.33. The number of aromatic nitrogens is 1. The molecule has 0 aromatic carbocycles. The van der Waals surface area contributed by atoms with Crippen molar-refractivity contribution in [2.24, 2.45) is 10.9 Å². The van der Waals surface area contributed by atoms with Crippen molar-refractivity contribution in [2.45, 2.75) is 40.2 Å². The molecule has 0 fully saturated rings. The first-order chi connectivity index (χ1) is 10.2. The van der Waals surface area contributed by atoms with Gasteiger partial charge in [-0.3, -0.25) is 0 Å². The standard InChI is InChI=1S/C16H28N4O/c1-5-17-16(18-11-7-8-13(2)3)19-12-14-9-6-10-15(20-14)21-4/h6,9-10,13H,5,7-8,11-12H2,1-4H3,(H2,17,18,19). The molecule has 0 amide bonds. The van der Waals surface area contributed by atoms with E-state index in [1.165, 1.54) is 6.42 Å². The number of methoxy groups -OCH3 is 1.